The number of hydrogen-bond donors (Lipinski definition) is 0. The molecule has 3 heteroatoms. The molecule has 2 aromatic rings. The summed E-state index contributed by atoms with van der Waals surface area (Å²) in [5.74, 6) is 1.95. The molecule has 0 atom stereocenters. The van der Waals surface area contributed by atoms with Crippen molar-refractivity contribution in [1.29, 1.82) is 0 Å². The Morgan fingerprint density at radius 1 is 0.567 bits per heavy atom. The molecule has 1 aliphatic rings. The van der Waals surface area contributed by atoms with Gasteiger partial charge in [0.1, 0.15) is 0 Å². The second kappa shape index (κ2) is 9.42. The zero-order valence-electron chi connectivity index (χ0n) is 19.9. The average Bonchev–Trinajstić information content (AvgIpc) is 3.07. The van der Waals surface area contributed by atoms with Gasteiger partial charge in [-0.2, -0.15) is 0 Å². The van der Waals surface area contributed by atoms with E-state index < -0.39 is 0 Å². The zero-order chi connectivity index (χ0) is 22.2. The van der Waals surface area contributed by atoms with Crippen LogP contribution in [0.3, 0.4) is 0 Å². The van der Waals surface area contributed by atoms with Gasteiger partial charge in [0.15, 0.2) is 0 Å². The van der Waals surface area contributed by atoms with E-state index in [9.17, 15) is 0 Å². The predicted octanol–water partition coefficient (Wildman–Crippen LogP) is 7.14. The van der Waals surface area contributed by atoms with Crippen molar-refractivity contribution in [3.05, 3.63) is 58.7 Å². The van der Waals surface area contributed by atoms with Crippen LogP contribution in [0.2, 0.25) is 0 Å². The Hall–Kier alpha value is -1.35. The Balaban J connectivity index is 2.12. The molecule has 0 unspecified atom stereocenters. The summed E-state index contributed by atoms with van der Waals surface area (Å²) in [6.07, 6.45) is 0. The van der Waals surface area contributed by atoms with Crippen molar-refractivity contribution in [2.45, 2.75) is 79.1 Å². The van der Waals surface area contributed by atoms with E-state index in [4.69, 9.17) is 0 Å². The van der Waals surface area contributed by atoms with E-state index in [1.165, 1.54) is 37.6 Å². The van der Waals surface area contributed by atoms with Crippen molar-refractivity contribution in [3.8, 4) is 0 Å². The van der Waals surface area contributed by atoms with Crippen LogP contribution in [0.1, 0.15) is 101 Å². The summed E-state index contributed by atoms with van der Waals surface area (Å²) in [7, 11) is 0. The molecule has 1 aliphatic heterocycles. The molecular weight excluding hydrogens is 460 g/mol. The Bertz CT molecular complexity index is 785. The first-order valence-electron chi connectivity index (χ1n) is 11.4. The van der Waals surface area contributed by atoms with Gasteiger partial charge in [-0.3, -0.25) is 0 Å². The van der Waals surface area contributed by atoms with E-state index in [2.05, 4.69) is 122 Å². The Morgan fingerprint density at radius 3 is 1.07 bits per heavy atom. The zero-order valence-corrected chi connectivity index (χ0v) is 21.4. The molecule has 0 spiro atoms. The van der Waals surface area contributed by atoms with E-state index in [0.717, 1.165) is 13.1 Å². The number of nitrogens with zero attached hydrogens (tertiary/aromatic N) is 2. The summed E-state index contributed by atoms with van der Waals surface area (Å²) < 4.78 is 1.17. The van der Waals surface area contributed by atoms with Crippen LogP contribution in [0.15, 0.2) is 36.4 Å². The van der Waals surface area contributed by atoms with E-state index in [1.807, 2.05) is 0 Å². The van der Waals surface area contributed by atoms with Gasteiger partial charge in [-0.05, 0) is 0 Å². The third-order valence-electron chi connectivity index (χ3n) is 6.18. The molecule has 1 fully saturated rings. The van der Waals surface area contributed by atoms with Gasteiger partial charge in [0, 0.05) is 0 Å². The van der Waals surface area contributed by atoms with Gasteiger partial charge in [0.2, 0.25) is 0 Å². The summed E-state index contributed by atoms with van der Waals surface area (Å²) in [5, 5.41) is 0. The Labute approximate surface area is 196 Å². The molecule has 2 nitrogen and oxygen atoms in total. The standard InChI is InChI=1S/C27H38N2.Ag/c1-18(2)22-11-9-12-23(19(3)4)26(22)28-15-16-29(17-28)27-24(20(5)6)13-10-14-25(27)21(7)8;/h9-14,18-21H,15-16H2,1-8H3;. The Kier molecular flexibility index (Phi) is 7.32. The van der Waals surface area contributed by atoms with Gasteiger partial charge < -0.3 is 0 Å². The van der Waals surface area contributed by atoms with Crippen molar-refractivity contribution in [2.24, 2.45) is 0 Å². The first-order valence-corrected chi connectivity index (χ1v) is 12.2. The van der Waals surface area contributed by atoms with E-state index >= 15 is 0 Å². The molecule has 167 valence electrons. The van der Waals surface area contributed by atoms with Crippen LogP contribution < -0.4 is 9.80 Å². The molecule has 0 amide bonds. The number of para-hydroxylation sites is 2. The number of anilines is 2. The van der Waals surface area contributed by atoms with Gasteiger partial charge in [0.05, 0.1) is 0 Å². The summed E-state index contributed by atoms with van der Waals surface area (Å²) in [4.78, 5) is 5.01. The summed E-state index contributed by atoms with van der Waals surface area (Å²) in [6.45, 7) is 20.4. The van der Waals surface area contributed by atoms with E-state index in [1.54, 1.807) is 0 Å². The first kappa shape index (κ1) is 23.3. The maximum absolute atomic E-state index is 4.07. The minimum atomic E-state index is 0.488. The molecule has 0 aromatic heterocycles. The number of rotatable bonds is 6. The molecule has 1 heterocycles. The second-order valence-electron chi connectivity index (χ2n) is 9.73. The van der Waals surface area contributed by atoms with Gasteiger partial charge in [0.25, 0.3) is 0 Å². The van der Waals surface area contributed by atoms with Crippen LogP contribution in [0.4, 0.5) is 11.4 Å². The molecule has 2 aromatic carbocycles. The van der Waals surface area contributed by atoms with E-state index in [-0.39, 0.29) is 0 Å². The molecule has 3 rings (SSSR count). The summed E-state index contributed by atoms with van der Waals surface area (Å²) in [5.41, 5.74) is 8.51. The fraction of sp³-hybridized carbons (Fsp3) is 0.519. The second-order valence-corrected chi connectivity index (χ2v) is 10.4. The monoisotopic (exact) mass is 497 g/mol. The quantitative estimate of drug-likeness (QED) is 0.391. The van der Waals surface area contributed by atoms with Crippen molar-refractivity contribution >= 4 is 15.3 Å². The normalized spacial score (nSPS) is 14.9. The van der Waals surface area contributed by atoms with Gasteiger partial charge in [-0.1, -0.05) is 0 Å². The van der Waals surface area contributed by atoms with Crippen LogP contribution in [0.5, 0.6) is 0 Å². The maximum atomic E-state index is 4.07. The minimum absolute atomic E-state index is 0.488. The van der Waals surface area contributed by atoms with Crippen LogP contribution in [0, 0.1) is 0 Å². The first-order chi connectivity index (χ1) is 14.1. The van der Waals surface area contributed by atoms with Crippen molar-refractivity contribution < 1.29 is 20.6 Å². The molecule has 30 heavy (non-hydrogen) atoms. The van der Waals surface area contributed by atoms with Crippen LogP contribution in [0.25, 0.3) is 0 Å². The number of hydrogen-bond acceptors (Lipinski definition) is 2. The molecule has 1 saturated heterocycles. The molecule has 0 bridgehead atoms. The number of benzene rings is 2. The predicted molar refractivity (Wildman–Crippen MR) is 129 cm³/mol. The fourth-order valence-corrected chi connectivity index (χ4v) is 5.21. The third kappa shape index (κ3) is 4.33. The molecular formula is C27H38AgN2. The Morgan fingerprint density at radius 2 is 0.833 bits per heavy atom. The average molecular weight is 498 g/mol. The van der Waals surface area contributed by atoms with Gasteiger partial charge in [-0.25, -0.2) is 0 Å². The third-order valence-corrected chi connectivity index (χ3v) is 6.98. The van der Waals surface area contributed by atoms with Crippen molar-refractivity contribution in [1.82, 2.24) is 0 Å². The summed E-state index contributed by atoms with van der Waals surface area (Å²) in [6, 6.07) is 13.7. The molecule has 0 radical (unpaired) electrons. The van der Waals surface area contributed by atoms with E-state index in [0.29, 0.717) is 23.7 Å². The van der Waals surface area contributed by atoms with Crippen molar-refractivity contribution in [3.63, 3.8) is 0 Å². The molecule has 0 N–H and O–H groups in total. The SMILES string of the molecule is CC(C)c1cccc(C(C)C)c1N1CCN(c2c(C(C)C)cccc2C(C)C)[C]1=[Ag]. The van der Waals surface area contributed by atoms with Gasteiger partial charge in [-0.15, -0.1) is 0 Å². The van der Waals surface area contributed by atoms with Crippen LogP contribution in [-0.2, 0) is 20.6 Å². The van der Waals surface area contributed by atoms with Gasteiger partial charge >= 0.3 is 197 Å². The van der Waals surface area contributed by atoms with Crippen LogP contribution >= 0.6 is 0 Å². The van der Waals surface area contributed by atoms with Crippen LogP contribution in [-0.4, -0.2) is 17.1 Å². The summed E-state index contributed by atoms with van der Waals surface area (Å²) >= 11 is 4.07. The topological polar surface area (TPSA) is 6.48 Å². The fourth-order valence-electron chi connectivity index (χ4n) is 4.55. The molecule has 0 aliphatic carbocycles. The molecule has 0 saturated carbocycles. The van der Waals surface area contributed by atoms with Crippen molar-refractivity contribution in [2.75, 3.05) is 22.9 Å².